The monoisotopic (exact) mass is 233 g/mol. The highest BCUT2D eigenvalue weighted by molar-refractivity contribution is 5.22. The van der Waals surface area contributed by atoms with Crippen molar-refractivity contribution in [3.63, 3.8) is 0 Å². The summed E-state index contributed by atoms with van der Waals surface area (Å²) in [5, 5.41) is 10.1. The number of aliphatic hydroxyl groups is 1. The van der Waals surface area contributed by atoms with Gasteiger partial charge >= 0.3 is 0 Å². The first-order valence-corrected chi connectivity index (χ1v) is 6.73. The smallest absolute Gasteiger partial charge is 0.0802 e. The van der Waals surface area contributed by atoms with E-state index in [9.17, 15) is 5.11 Å². The van der Waals surface area contributed by atoms with Crippen molar-refractivity contribution >= 4 is 0 Å². The third kappa shape index (κ3) is 3.83. The van der Waals surface area contributed by atoms with Crippen LogP contribution in [0.3, 0.4) is 0 Å². The van der Waals surface area contributed by atoms with Gasteiger partial charge in [0.1, 0.15) is 0 Å². The van der Waals surface area contributed by atoms with Crippen LogP contribution in [-0.4, -0.2) is 29.6 Å². The summed E-state index contributed by atoms with van der Waals surface area (Å²) in [6.07, 6.45) is 4.55. The van der Waals surface area contributed by atoms with Crippen LogP contribution in [0.2, 0.25) is 0 Å². The molecule has 1 fully saturated rings. The zero-order valence-electron chi connectivity index (χ0n) is 10.7. The van der Waals surface area contributed by atoms with Gasteiger partial charge in [0.05, 0.1) is 6.10 Å². The fraction of sp³-hybridized carbons (Fsp3) is 0.600. The molecule has 2 rings (SSSR count). The number of rotatable bonds is 4. The lowest BCUT2D eigenvalue weighted by Crippen LogP contribution is -2.31. The molecular weight excluding hydrogens is 210 g/mol. The van der Waals surface area contributed by atoms with Crippen molar-refractivity contribution < 1.29 is 5.11 Å². The molecule has 0 unspecified atom stereocenters. The van der Waals surface area contributed by atoms with Crippen LogP contribution in [0.4, 0.5) is 0 Å². The maximum Gasteiger partial charge on any atom is 0.0802 e. The first-order chi connectivity index (χ1) is 8.25. The molecule has 2 heteroatoms. The number of benzene rings is 1. The van der Waals surface area contributed by atoms with Crippen LogP contribution in [0.25, 0.3) is 0 Å². The van der Waals surface area contributed by atoms with Crippen molar-refractivity contribution in [2.45, 2.75) is 38.7 Å². The third-order valence-electron chi connectivity index (χ3n) is 3.63. The van der Waals surface area contributed by atoms with Crippen molar-refractivity contribution in [3.05, 3.63) is 35.4 Å². The van der Waals surface area contributed by atoms with Crippen molar-refractivity contribution in [2.24, 2.45) is 0 Å². The first-order valence-electron chi connectivity index (χ1n) is 6.73. The summed E-state index contributed by atoms with van der Waals surface area (Å²) in [4.78, 5) is 2.47. The van der Waals surface area contributed by atoms with E-state index in [4.69, 9.17) is 0 Å². The highest BCUT2D eigenvalue weighted by Crippen LogP contribution is 2.18. The van der Waals surface area contributed by atoms with Gasteiger partial charge in [0.2, 0.25) is 0 Å². The molecule has 1 N–H and O–H groups in total. The Balaban J connectivity index is 1.80. The predicted octanol–water partition coefficient (Wildman–Crippen LogP) is 2.90. The molecule has 17 heavy (non-hydrogen) atoms. The molecule has 0 amide bonds. The van der Waals surface area contributed by atoms with E-state index in [-0.39, 0.29) is 6.10 Å². The number of likely N-dealkylation sites (tertiary alicyclic amines) is 1. The van der Waals surface area contributed by atoms with E-state index in [1.54, 1.807) is 0 Å². The van der Waals surface area contributed by atoms with Gasteiger partial charge in [0.25, 0.3) is 0 Å². The number of hydrogen-bond donors (Lipinski definition) is 1. The molecule has 1 atom stereocenters. The Hall–Kier alpha value is -0.860. The molecule has 1 aromatic carbocycles. The average Bonchev–Trinajstić information content (AvgIpc) is 2.38. The molecule has 1 aromatic rings. The molecule has 0 saturated carbocycles. The number of aliphatic hydroxyl groups excluding tert-OH is 1. The molecule has 2 nitrogen and oxygen atoms in total. The minimum atomic E-state index is -0.308. The van der Waals surface area contributed by atoms with Crippen molar-refractivity contribution in [1.82, 2.24) is 4.90 Å². The van der Waals surface area contributed by atoms with E-state index >= 15 is 0 Å². The molecule has 1 saturated heterocycles. The van der Waals surface area contributed by atoms with Crippen molar-refractivity contribution in [1.29, 1.82) is 0 Å². The maximum absolute atomic E-state index is 10.1. The van der Waals surface area contributed by atoms with Gasteiger partial charge in [-0.1, -0.05) is 36.2 Å². The fourth-order valence-electron chi connectivity index (χ4n) is 2.44. The van der Waals surface area contributed by atoms with Crippen LogP contribution in [-0.2, 0) is 0 Å². The standard InChI is InChI=1S/C15H23NO/c1-13-5-7-14(8-6-13)15(17)9-12-16-10-3-2-4-11-16/h5-8,15,17H,2-4,9-12H2,1H3/t15-/m1/s1. The lowest BCUT2D eigenvalue weighted by molar-refractivity contribution is 0.134. The molecule has 94 valence electrons. The summed E-state index contributed by atoms with van der Waals surface area (Å²) in [5.41, 5.74) is 2.30. The van der Waals surface area contributed by atoms with Crippen LogP contribution in [0, 0.1) is 6.92 Å². The highest BCUT2D eigenvalue weighted by atomic mass is 16.3. The van der Waals surface area contributed by atoms with Gasteiger partial charge in [-0.2, -0.15) is 0 Å². The summed E-state index contributed by atoms with van der Waals surface area (Å²) in [5.74, 6) is 0. The molecule has 0 aliphatic carbocycles. The SMILES string of the molecule is Cc1ccc([C@H](O)CCN2CCCCC2)cc1. The van der Waals surface area contributed by atoms with Gasteiger partial charge in [0.15, 0.2) is 0 Å². The van der Waals surface area contributed by atoms with Gasteiger partial charge in [-0.25, -0.2) is 0 Å². The quantitative estimate of drug-likeness (QED) is 0.864. The number of piperidine rings is 1. The molecule has 0 bridgehead atoms. The topological polar surface area (TPSA) is 23.5 Å². The third-order valence-corrected chi connectivity index (χ3v) is 3.63. The lowest BCUT2D eigenvalue weighted by atomic mass is 10.0. The van der Waals surface area contributed by atoms with Crippen LogP contribution in [0.5, 0.6) is 0 Å². The Bertz CT molecular complexity index is 327. The van der Waals surface area contributed by atoms with Crippen LogP contribution in [0.15, 0.2) is 24.3 Å². The summed E-state index contributed by atoms with van der Waals surface area (Å²) in [6, 6.07) is 8.21. The Morgan fingerprint density at radius 2 is 1.76 bits per heavy atom. The fourth-order valence-corrected chi connectivity index (χ4v) is 2.44. The first kappa shape index (κ1) is 12.6. The van der Waals surface area contributed by atoms with Crippen molar-refractivity contribution in [2.75, 3.05) is 19.6 Å². The molecule has 0 spiro atoms. The van der Waals surface area contributed by atoms with Crippen molar-refractivity contribution in [3.8, 4) is 0 Å². The Morgan fingerprint density at radius 3 is 2.41 bits per heavy atom. The zero-order chi connectivity index (χ0) is 12.1. The molecule has 1 aliphatic rings. The minimum absolute atomic E-state index is 0.308. The van der Waals surface area contributed by atoms with Gasteiger partial charge in [-0.3, -0.25) is 0 Å². The molecule has 0 radical (unpaired) electrons. The van der Waals surface area contributed by atoms with E-state index in [1.807, 2.05) is 12.1 Å². The van der Waals surface area contributed by atoms with Crippen LogP contribution >= 0.6 is 0 Å². The predicted molar refractivity (Wildman–Crippen MR) is 71.0 cm³/mol. The van der Waals surface area contributed by atoms with Crippen LogP contribution in [0.1, 0.15) is 42.9 Å². The summed E-state index contributed by atoms with van der Waals surface area (Å²) >= 11 is 0. The number of aryl methyl sites for hydroxylation is 1. The largest absolute Gasteiger partial charge is 0.388 e. The molecule has 1 heterocycles. The second-order valence-electron chi connectivity index (χ2n) is 5.12. The normalized spacial score (nSPS) is 19.2. The highest BCUT2D eigenvalue weighted by Gasteiger charge is 2.13. The lowest BCUT2D eigenvalue weighted by Gasteiger charge is -2.27. The van der Waals surface area contributed by atoms with E-state index in [2.05, 4.69) is 24.0 Å². The maximum atomic E-state index is 10.1. The van der Waals surface area contributed by atoms with E-state index in [0.717, 1.165) is 18.5 Å². The van der Waals surface area contributed by atoms with Gasteiger partial charge in [-0.15, -0.1) is 0 Å². The zero-order valence-corrected chi connectivity index (χ0v) is 10.7. The number of nitrogens with zero attached hydrogens (tertiary/aromatic N) is 1. The van der Waals surface area contributed by atoms with Gasteiger partial charge in [-0.05, 0) is 44.8 Å². The van der Waals surface area contributed by atoms with Crippen LogP contribution < -0.4 is 0 Å². The Morgan fingerprint density at radius 1 is 1.12 bits per heavy atom. The second-order valence-corrected chi connectivity index (χ2v) is 5.12. The average molecular weight is 233 g/mol. The van der Waals surface area contributed by atoms with Gasteiger partial charge in [0, 0.05) is 6.54 Å². The summed E-state index contributed by atoms with van der Waals surface area (Å²) in [6.45, 7) is 5.51. The Labute approximate surface area is 104 Å². The summed E-state index contributed by atoms with van der Waals surface area (Å²) in [7, 11) is 0. The molecular formula is C15H23NO. The Kier molecular flexibility index (Phi) is 4.57. The second kappa shape index (κ2) is 6.18. The van der Waals surface area contributed by atoms with E-state index in [1.165, 1.54) is 37.9 Å². The van der Waals surface area contributed by atoms with E-state index < -0.39 is 0 Å². The van der Waals surface area contributed by atoms with E-state index in [0.29, 0.717) is 0 Å². The summed E-state index contributed by atoms with van der Waals surface area (Å²) < 4.78 is 0. The molecule has 0 aromatic heterocycles. The van der Waals surface area contributed by atoms with Gasteiger partial charge < -0.3 is 10.0 Å². The number of hydrogen-bond acceptors (Lipinski definition) is 2. The minimum Gasteiger partial charge on any atom is -0.388 e. The molecule has 1 aliphatic heterocycles.